The maximum atomic E-state index is 13.0. The summed E-state index contributed by atoms with van der Waals surface area (Å²) in [4.78, 5) is 37.1. The van der Waals surface area contributed by atoms with Crippen LogP contribution in [0.3, 0.4) is 0 Å². The van der Waals surface area contributed by atoms with E-state index in [0.717, 1.165) is 24.0 Å². The maximum Gasteiger partial charge on any atom is 0.325 e. The number of nitrogens with one attached hydrogen (secondary N) is 1. The Bertz CT molecular complexity index is 673. The lowest BCUT2D eigenvalue weighted by Gasteiger charge is -2.33. The zero-order chi connectivity index (χ0) is 17.2. The van der Waals surface area contributed by atoms with E-state index in [1.54, 1.807) is 0 Å². The zero-order valence-electron chi connectivity index (χ0n) is 13.6. The van der Waals surface area contributed by atoms with Crippen LogP contribution in [0.5, 0.6) is 0 Å². The third-order valence-corrected chi connectivity index (χ3v) is 4.92. The van der Waals surface area contributed by atoms with Crippen LogP contribution in [0, 0.1) is 0 Å². The topological polar surface area (TPSA) is 86.7 Å². The van der Waals surface area contributed by atoms with Crippen LogP contribution in [0.25, 0.3) is 0 Å². The molecule has 1 aromatic carbocycles. The Morgan fingerprint density at radius 2 is 2.00 bits per heavy atom. The molecule has 2 aliphatic rings. The summed E-state index contributed by atoms with van der Waals surface area (Å²) in [5, 5.41) is 11.6. The first-order chi connectivity index (χ1) is 11.5. The molecule has 3 amide bonds. The quantitative estimate of drug-likeness (QED) is 0.619. The van der Waals surface area contributed by atoms with E-state index < -0.39 is 11.5 Å². The summed E-state index contributed by atoms with van der Waals surface area (Å²) in [6.07, 6.45) is 4.43. The van der Waals surface area contributed by atoms with Gasteiger partial charge in [0.25, 0.3) is 5.91 Å². The summed E-state index contributed by atoms with van der Waals surface area (Å²) < 4.78 is 0. The van der Waals surface area contributed by atoms with Gasteiger partial charge >= 0.3 is 12.0 Å². The van der Waals surface area contributed by atoms with Crippen molar-refractivity contribution in [3.05, 3.63) is 35.4 Å². The third kappa shape index (κ3) is 2.88. The highest BCUT2D eigenvalue weighted by atomic mass is 16.4. The van der Waals surface area contributed by atoms with Crippen LogP contribution in [0.2, 0.25) is 0 Å². The summed E-state index contributed by atoms with van der Waals surface area (Å²) in [5.74, 6) is -0.986. The largest absolute Gasteiger partial charge is 0.481 e. The molecule has 1 aliphatic carbocycles. The van der Waals surface area contributed by atoms with Gasteiger partial charge in [0.15, 0.2) is 0 Å². The van der Waals surface area contributed by atoms with Crippen molar-refractivity contribution in [3.8, 4) is 0 Å². The second kappa shape index (κ2) is 6.63. The summed E-state index contributed by atoms with van der Waals surface area (Å²) in [5.41, 5.74) is 1.14. The van der Waals surface area contributed by atoms with Crippen molar-refractivity contribution < 1.29 is 19.5 Å². The van der Waals surface area contributed by atoms with Crippen LogP contribution in [0.15, 0.2) is 24.3 Å². The van der Waals surface area contributed by atoms with Gasteiger partial charge in [-0.05, 0) is 43.2 Å². The number of carbonyl (C=O) groups is 3. The fraction of sp³-hybridized carbons (Fsp3) is 0.500. The third-order valence-electron chi connectivity index (χ3n) is 4.92. The molecule has 1 fully saturated rings. The summed E-state index contributed by atoms with van der Waals surface area (Å²) in [6, 6.07) is 7.47. The number of hydrogen-bond donors (Lipinski definition) is 2. The highest BCUT2D eigenvalue weighted by Crippen LogP contribution is 2.39. The smallest absolute Gasteiger partial charge is 0.325 e. The van der Waals surface area contributed by atoms with E-state index in [-0.39, 0.29) is 18.4 Å². The van der Waals surface area contributed by atoms with Crippen molar-refractivity contribution in [2.45, 2.75) is 50.5 Å². The molecule has 128 valence electrons. The van der Waals surface area contributed by atoms with Gasteiger partial charge in [0, 0.05) is 13.0 Å². The highest BCUT2D eigenvalue weighted by molar-refractivity contribution is 6.07. The van der Waals surface area contributed by atoms with E-state index in [9.17, 15) is 14.4 Å². The van der Waals surface area contributed by atoms with Gasteiger partial charge in [-0.15, -0.1) is 0 Å². The molecule has 1 unspecified atom stereocenters. The second-order valence-corrected chi connectivity index (χ2v) is 6.51. The number of unbranched alkanes of at least 4 members (excludes halogenated alkanes) is 2. The number of aryl methyl sites for hydroxylation is 1. The van der Waals surface area contributed by atoms with Crippen molar-refractivity contribution >= 4 is 17.9 Å². The lowest BCUT2D eigenvalue weighted by molar-refractivity contribution is -0.137. The van der Waals surface area contributed by atoms with Gasteiger partial charge < -0.3 is 10.4 Å². The highest BCUT2D eigenvalue weighted by Gasteiger charge is 2.53. The number of carboxylic acids is 1. The monoisotopic (exact) mass is 330 g/mol. The number of urea groups is 1. The molecule has 1 aliphatic heterocycles. The lowest BCUT2D eigenvalue weighted by atomic mass is 9.76. The lowest BCUT2D eigenvalue weighted by Crippen LogP contribution is -2.46. The zero-order valence-corrected chi connectivity index (χ0v) is 13.6. The van der Waals surface area contributed by atoms with E-state index in [2.05, 4.69) is 5.32 Å². The van der Waals surface area contributed by atoms with Crippen molar-refractivity contribution in [2.24, 2.45) is 0 Å². The van der Waals surface area contributed by atoms with Crippen LogP contribution < -0.4 is 5.32 Å². The molecule has 0 saturated carbocycles. The second-order valence-electron chi connectivity index (χ2n) is 6.51. The molecule has 0 radical (unpaired) electrons. The Morgan fingerprint density at radius 3 is 2.79 bits per heavy atom. The van der Waals surface area contributed by atoms with Gasteiger partial charge in [0.2, 0.25) is 0 Å². The first kappa shape index (κ1) is 16.5. The number of imide groups is 1. The normalized spacial score (nSPS) is 22.6. The Hall–Kier alpha value is -2.37. The number of hydrogen-bond acceptors (Lipinski definition) is 3. The van der Waals surface area contributed by atoms with Crippen LogP contribution >= 0.6 is 0 Å². The molecule has 0 aromatic heterocycles. The van der Waals surface area contributed by atoms with Gasteiger partial charge in [-0.25, -0.2) is 4.79 Å². The predicted molar refractivity (Wildman–Crippen MR) is 87.4 cm³/mol. The minimum absolute atomic E-state index is 0.122. The van der Waals surface area contributed by atoms with Gasteiger partial charge in [0.1, 0.15) is 5.54 Å². The first-order valence-corrected chi connectivity index (χ1v) is 8.49. The average molecular weight is 330 g/mol. The number of fused-ring (bicyclic) bond motifs is 2. The molecule has 2 N–H and O–H groups in total. The molecule has 1 saturated heterocycles. The molecule has 1 spiro atoms. The number of carboxylic acid groups (broad SMARTS) is 1. The van der Waals surface area contributed by atoms with E-state index in [1.165, 1.54) is 4.90 Å². The fourth-order valence-electron chi connectivity index (χ4n) is 3.74. The van der Waals surface area contributed by atoms with Crippen LogP contribution in [-0.4, -0.2) is 34.5 Å². The Kier molecular flexibility index (Phi) is 4.55. The molecule has 24 heavy (non-hydrogen) atoms. The van der Waals surface area contributed by atoms with Crippen LogP contribution in [0.4, 0.5) is 4.79 Å². The Balaban J connectivity index is 1.70. The van der Waals surface area contributed by atoms with Gasteiger partial charge in [-0.2, -0.15) is 0 Å². The number of benzene rings is 1. The Morgan fingerprint density at radius 1 is 1.21 bits per heavy atom. The molecule has 6 nitrogen and oxygen atoms in total. The number of amides is 3. The number of carbonyl (C=O) groups excluding carboxylic acids is 2. The molecular formula is C18H22N2O4. The fourth-order valence-corrected chi connectivity index (χ4v) is 3.74. The molecule has 1 aromatic rings. The summed E-state index contributed by atoms with van der Waals surface area (Å²) in [6.45, 7) is 0.341. The molecule has 6 heteroatoms. The molecular weight excluding hydrogens is 308 g/mol. The van der Waals surface area contributed by atoms with Crippen LogP contribution in [0.1, 0.15) is 49.7 Å². The minimum atomic E-state index is -0.910. The molecule has 1 heterocycles. The summed E-state index contributed by atoms with van der Waals surface area (Å²) >= 11 is 0. The van der Waals surface area contributed by atoms with Crippen molar-refractivity contribution in [3.63, 3.8) is 0 Å². The number of rotatable bonds is 6. The molecule has 3 rings (SSSR count). The first-order valence-electron chi connectivity index (χ1n) is 8.49. The molecule has 0 bridgehead atoms. The molecule has 1 atom stereocenters. The van der Waals surface area contributed by atoms with E-state index >= 15 is 0 Å². The van der Waals surface area contributed by atoms with Gasteiger partial charge in [-0.1, -0.05) is 30.7 Å². The van der Waals surface area contributed by atoms with E-state index in [0.29, 0.717) is 32.2 Å². The number of nitrogens with zero attached hydrogens (tertiary/aromatic N) is 1. The van der Waals surface area contributed by atoms with Crippen molar-refractivity contribution in [1.82, 2.24) is 10.2 Å². The summed E-state index contributed by atoms with van der Waals surface area (Å²) in [7, 11) is 0. The standard InChI is InChI=1S/C18H22N2O4/c21-15(22)10-2-1-5-12-20-16(23)18(19-17(20)24)11-6-8-13-7-3-4-9-14(13)18/h3-4,7,9H,1-2,5-6,8,10-12H2,(H,19,24)(H,21,22). The van der Waals surface area contributed by atoms with Gasteiger partial charge in [0.05, 0.1) is 0 Å². The predicted octanol–water partition coefficient (Wildman–Crippen LogP) is 2.42. The van der Waals surface area contributed by atoms with Crippen LogP contribution in [-0.2, 0) is 21.5 Å². The SMILES string of the molecule is O=C(O)CCCCCN1C(=O)NC2(CCCc3ccccc32)C1=O. The van der Waals surface area contributed by atoms with Gasteiger partial charge in [-0.3, -0.25) is 14.5 Å². The minimum Gasteiger partial charge on any atom is -0.481 e. The average Bonchev–Trinajstić information content (AvgIpc) is 2.79. The maximum absolute atomic E-state index is 13.0. The van der Waals surface area contributed by atoms with Crippen molar-refractivity contribution in [2.75, 3.05) is 6.54 Å². The van der Waals surface area contributed by atoms with E-state index in [1.807, 2.05) is 24.3 Å². The van der Waals surface area contributed by atoms with E-state index in [4.69, 9.17) is 5.11 Å². The Labute approximate surface area is 140 Å². The van der Waals surface area contributed by atoms with Crippen molar-refractivity contribution in [1.29, 1.82) is 0 Å². The number of aliphatic carboxylic acids is 1.